The van der Waals surface area contributed by atoms with Crippen LogP contribution in [0, 0.1) is 0 Å². The minimum absolute atomic E-state index is 0.578. The first-order chi connectivity index (χ1) is 6.68. The van der Waals surface area contributed by atoms with Gasteiger partial charge in [-0.25, -0.2) is 0 Å². The highest BCUT2D eigenvalue weighted by Gasteiger charge is 2.17. The van der Waals surface area contributed by atoms with Crippen LogP contribution in [0.2, 0.25) is 0 Å². The topological polar surface area (TPSA) is 33.4 Å². The minimum Gasteiger partial charge on any atom is -0.457 e. The van der Waals surface area contributed by atoms with Gasteiger partial charge in [0.2, 0.25) is 0 Å². The summed E-state index contributed by atoms with van der Waals surface area (Å²) in [7, 11) is 0. The Balaban J connectivity index is 2.33. The Morgan fingerprint density at radius 3 is 2.57 bits per heavy atom. The molecule has 1 unspecified atom stereocenters. The average molecular weight is 338 g/mol. The van der Waals surface area contributed by atoms with Gasteiger partial charge in [0.15, 0.2) is 4.67 Å². The van der Waals surface area contributed by atoms with Gasteiger partial charge in [-0.2, -0.15) is 0 Å². The zero-order valence-electron chi connectivity index (χ0n) is 6.91. The van der Waals surface area contributed by atoms with Crippen LogP contribution in [-0.2, 0) is 0 Å². The van der Waals surface area contributed by atoms with Gasteiger partial charge in [0.05, 0.1) is 10.0 Å². The quantitative estimate of drug-likeness (QED) is 0.900. The van der Waals surface area contributed by atoms with E-state index in [1.165, 1.54) is 11.3 Å². The maximum absolute atomic E-state index is 9.97. The van der Waals surface area contributed by atoms with Gasteiger partial charge in [0, 0.05) is 10.4 Å². The standard InChI is InChI=1S/C9H6Br2O2S/c10-7-2-1-6(14-7)8(12)5-3-4-13-9(5)11/h1-4,8,12H. The fourth-order valence-corrected chi connectivity index (χ4v) is 3.01. The summed E-state index contributed by atoms with van der Waals surface area (Å²) in [4.78, 5) is 0.888. The van der Waals surface area contributed by atoms with Crippen LogP contribution >= 0.6 is 43.2 Å². The summed E-state index contributed by atoms with van der Waals surface area (Å²) in [6.45, 7) is 0. The summed E-state index contributed by atoms with van der Waals surface area (Å²) in [6, 6.07) is 5.55. The van der Waals surface area contributed by atoms with E-state index in [-0.39, 0.29) is 0 Å². The molecule has 0 fully saturated rings. The highest BCUT2D eigenvalue weighted by molar-refractivity contribution is 9.11. The molecule has 2 aromatic heterocycles. The number of aliphatic hydroxyl groups is 1. The molecule has 74 valence electrons. The van der Waals surface area contributed by atoms with Crippen molar-refractivity contribution in [3.05, 3.63) is 43.4 Å². The molecule has 2 rings (SSSR count). The first kappa shape index (κ1) is 10.4. The van der Waals surface area contributed by atoms with Gasteiger partial charge in [-0.3, -0.25) is 0 Å². The van der Waals surface area contributed by atoms with Gasteiger partial charge in [-0.15, -0.1) is 11.3 Å². The van der Waals surface area contributed by atoms with Crippen LogP contribution in [0.3, 0.4) is 0 Å². The molecule has 1 atom stereocenters. The largest absolute Gasteiger partial charge is 0.457 e. The lowest BCUT2D eigenvalue weighted by Gasteiger charge is -2.05. The Kier molecular flexibility index (Phi) is 3.11. The molecule has 0 saturated heterocycles. The van der Waals surface area contributed by atoms with Gasteiger partial charge in [-0.1, -0.05) is 0 Å². The third-order valence-electron chi connectivity index (χ3n) is 1.80. The Morgan fingerprint density at radius 2 is 2.07 bits per heavy atom. The van der Waals surface area contributed by atoms with E-state index in [0.29, 0.717) is 4.67 Å². The number of hydrogen-bond donors (Lipinski definition) is 1. The van der Waals surface area contributed by atoms with E-state index < -0.39 is 6.10 Å². The van der Waals surface area contributed by atoms with Crippen molar-refractivity contribution in [2.75, 3.05) is 0 Å². The Labute approximate surface area is 102 Å². The minimum atomic E-state index is -0.626. The van der Waals surface area contributed by atoms with Crippen molar-refractivity contribution in [1.29, 1.82) is 0 Å². The molecule has 2 aromatic rings. The van der Waals surface area contributed by atoms with Crippen LogP contribution < -0.4 is 0 Å². The van der Waals surface area contributed by atoms with Crippen molar-refractivity contribution in [2.45, 2.75) is 6.10 Å². The highest BCUT2D eigenvalue weighted by atomic mass is 79.9. The summed E-state index contributed by atoms with van der Waals surface area (Å²) < 4.78 is 6.65. The SMILES string of the molecule is OC(c1ccc(Br)s1)c1ccoc1Br. The molecule has 0 saturated carbocycles. The van der Waals surface area contributed by atoms with Crippen molar-refractivity contribution in [2.24, 2.45) is 0 Å². The normalized spacial score (nSPS) is 13.1. The lowest BCUT2D eigenvalue weighted by atomic mass is 10.2. The average Bonchev–Trinajstić information content (AvgIpc) is 2.73. The maximum atomic E-state index is 9.97. The highest BCUT2D eigenvalue weighted by Crippen LogP contribution is 2.34. The molecule has 2 heterocycles. The zero-order valence-corrected chi connectivity index (χ0v) is 10.9. The van der Waals surface area contributed by atoms with E-state index >= 15 is 0 Å². The van der Waals surface area contributed by atoms with Crippen LogP contribution in [0.25, 0.3) is 0 Å². The van der Waals surface area contributed by atoms with Crippen molar-refractivity contribution in [3.63, 3.8) is 0 Å². The predicted octanol–water partition coefficient (Wildman–Crippen LogP) is 3.95. The molecular weight excluding hydrogens is 332 g/mol. The van der Waals surface area contributed by atoms with E-state index in [2.05, 4.69) is 31.9 Å². The first-order valence-electron chi connectivity index (χ1n) is 3.84. The third-order valence-corrected chi connectivity index (χ3v) is 4.12. The number of thiophene rings is 1. The van der Waals surface area contributed by atoms with Gasteiger partial charge in [-0.05, 0) is 50.1 Å². The maximum Gasteiger partial charge on any atom is 0.175 e. The second-order valence-corrected chi connectivity index (χ2v) is 5.91. The van der Waals surface area contributed by atoms with Gasteiger partial charge >= 0.3 is 0 Å². The number of aliphatic hydroxyl groups excluding tert-OH is 1. The molecule has 0 aliphatic heterocycles. The Bertz CT molecular complexity index is 435. The van der Waals surface area contributed by atoms with Crippen LogP contribution in [0.15, 0.2) is 37.3 Å². The second kappa shape index (κ2) is 4.18. The summed E-state index contributed by atoms with van der Waals surface area (Å²) in [5.41, 5.74) is 0.749. The van der Waals surface area contributed by atoms with E-state index in [1.807, 2.05) is 12.1 Å². The molecule has 5 heteroatoms. The molecule has 0 spiro atoms. The van der Waals surface area contributed by atoms with Crippen molar-refractivity contribution in [1.82, 2.24) is 0 Å². The molecule has 0 radical (unpaired) electrons. The molecule has 2 nitrogen and oxygen atoms in total. The third kappa shape index (κ3) is 1.95. The van der Waals surface area contributed by atoms with Gasteiger partial charge < -0.3 is 9.52 Å². The molecule has 14 heavy (non-hydrogen) atoms. The van der Waals surface area contributed by atoms with Crippen molar-refractivity contribution >= 4 is 43.2 Å². The molecule has 0 aliphatic rings. The number of furan rings is 1. The molecule has 0 aliphatic carbocycles. The fraction of sp³-hybridized carbons (Fsp3) is 0.111. The van der Waals surface area contributed by atoms with Crippen molar-refractivity contribution < 1.29 is 9.52 Å². The van der Waals surface area contributed by atoms with Crippen LogP contribution in [0.5, 0.6) is 0 Å². The molecule has 0 aromatic carbocycles. The van der Waals surface area contributed by atoms with E-state index in [1.54, 1.807) is 12.3 Å². The monoisotopic (exact) mass is 336 g/mol. The van der Waals surface area contributed by atoms with Crippen molar-refractivity contribution in [3.8, 4) is 0 Å². The van der Waals surface area contributed by atoms with E-state index in [0.717, 1.165) is 14.2 Å². The smallest absolute Gasteiger partial charge is 0.175 e. The summed E-state index contributed by atoms with van der Waals surface area (Å²) in [5, 5.41) is 9.97. The number of halogens is 2. The zero-order chi connectivity index (χ0) is 10.1. The predicted molar refractivity (Wildman–Crippen MR) is 62.5 cm³/mol. The Hall–Kier alpha value is -0.100. The summed E-state index contributed by atoms with van der Waals surface area (Å²) >= 11 is 8.10. The van der Waals surface area contributed by atoms with Crippen LogP contribution in [0.4, 0.5) is 0 Å². The Morgan fingerprint density at radius 1 is 1.29 bits per heavy atom. The van der Waals surface area contributed by atoms with Gasteiger partial charge in [0.25, 0.3) is 0 Å². The van der Waals surface area contributed by atoms with Crippen LogP contribution in [-0.4, -0.2) is 5.11 Å². The lowest BCUT2D eigenvalue weighted by Crippen LogP contribution is -1.95. The number of rotatable bonds is 2. The lowest BCUT2D eigenvalue weighted by molar-refractivity contribution is 0.222. The first-order valence-corrected chi connectivity index (χ1v) is 6.25. The molecule has 1 N–H and O–H groups in total. The summed E-state index contributed by atoms with van der Waals surface area (Å²) in [6.07, 6.45) is 0.921. The second-order valence-electron chi connectivity index (χ2n) is 2.69. The van der Waals surface area contributed by atoms with Crippen LogP contribution in [0.1, 0.15) is 16.5 Å². The number of hydrogen-bond acceptors (Lipinski definition) is 3. The molecule has 0 amide bonds. The molecule has 0 bridgehead atoms. The molecular formula is C9H6Br2O2S. The van der Waals surface area contributed by atoms with Gasteiger partial charge in [0.1, 0.15) is 6.10 Å². The van der Waals surface area contributed by atoms with E-state index in [9.17, 15) is 5.11 Å². The summed E-state index contributed by atoms with van der Waals surface area (Å²) in [5.74, 6) is 0. The van der Waals surface area contributed by atoms with E-state index in [4.69, 9.17) is 4.42 Å². The fourth-order valence-electron chi connectivity index (χ4n) is 1.13.